The molecule has 1 fully saturated rings. The molecule has 2 N–H and O–H groups in total. The maximum absolute atomic E-state index is 12.9. The number of benzene rings is 2. The van der Waals surface area contributed by atoms with Crippen LogP contribution in [0.1, 0.15) is 24.5 Å². The van der Waals surface area contributed by atoms with E-state index in [0.29, 0.717) is 30.8 Å². The summed E-state index contributed by atoms with van der Waals surface area (Å²) in [5.41, 5.74) is 2.20. The van der Waals surface area contributed by atoms with E-state index in [-0.39, 0.29) is 35.9 Å². The Bertz CT molecular complexity index is 1050. The third-order valence-electron chi connectivity index (χ3n) is 5.57. The molecule has 1 heterocycles. The molecule has 3 rings (SSSR count). The van der Waals surface area contributed by atoms with E-state index in [9.17, 15) is 18.0 Å². The van der Waals surface area contributed by atoms with Crippen LogP contribution in [-0.2, 0) is 31.8 Å². The monoisotopic (exact) mass is 455 g/mol. The lowest BCUT2D eigenvalue weighted by Crippen LogP contribution is -2.51. The molecule has 1 aliphatic rings. The van der Waals surface area contributed by atoms with Crippen LogP contribution in [0.4, 0.5) is 5.69 Å². The topological polar surface area (TPSA) is 95.6 Å². The van der Waals surface area contributed by atoms with Crippen molar-refractivity contribution in [2.75, 3.05) is 18.4 Å². The lowest BCUT2D eigenvalue weighted by atomic mass is 9.95. The van der Waals surface area contributed by atoms with Crippen molar-refractivity contribution < 1.29 is 18.0 Å². The van der Waals surface area contributed by atoms with Crippen LogP contribution in [0.15, 0.2) is 67.3 Å². The molecule has 0 spiro atoms. The lowest BCUT2D eigenvalue weighted by molar-refractivity contribution is -0.118. The number of carbonyl (C=O) groups excluding carboxylic acids is 2. The van der Waals surface area contributed by atoms with Crippen molar-refractivity contribution in [3.8, 4) is 0 Å². The second-order valence-corrected chi connectivity index (χ2v) is 10.1. The van der Waals surface area contributed by atoms with Crippen molar-refractivity contribution >= 4 is 27.5 Å². The standard InChI is InChI=1S/C24H29N3O4S/c1-3-23(28)26-22-13-14-27(16-18(22)2)32(30,31)17-20-9-11-21(12-10-20)25-24(29)15-19-7-5-4-6-8-19/h3-12,18,22H,1,13-17H2,2H3,(H,25,29)(H,26,28). The van der Waals surface area contributed by atoms with Gasteiger partial charge in [0.25, 0.3) is 0 Å². The third kappa shape index (κ3) is 6.51. The highest BCUT2D eigenvalue weighted by Gasteiger charge is 2.33. The Kier molecular flexibility index (Phi) is 7.82. The molecular weight excluding hydrogens is 426 g/mol. The van der Waals surface area contributed by atoms with Gasteiger partial charge in [-0.3, -0.25) is 9.59 Å². The van der Waals surface area contributed by atoms with E-state index in [2.05, 4.69) is 17.2 Å². The van der Waals surface area contributed by atoms with Gasteiger partial charge in [0.1, 0.15) is 0 Å². The van der Waals surface area contributed by atoms with Gasteiger partial charge in [-0.1, -0.05) is 56.0 Å². The summed E-state index contributed by atoms with van der Waals surface area (Å²) < 4.78 is 27.3. The number of hydrogen-bond acceptors (Lipinski definition) is 4. The molecule has 170 valence electrons. The van der Waals surface area contributed by atoms with Gasteiger partial charge in [0.05, 0.1) is 12.2 Å². The average molecular weight is 456 g/mol. The molecule has 2 amide bonds. The Hall–Kier alpha value is -2.97. The predicted octanol–water partition coefficient (Wildman–Crippen LogP) is 2.71. The Morgan fingerprint density at radius 1 is 1.09 bits per heavy atom. The van der Waals surface area contributed by atoms with Crippen molar-refractivity contribution in [3.63, 3.8) is 0 Å². The Balaban J connectivity index is 1.54. The van der Waals surface area contributed by atoms with Crippen molar-refractivity contribution in [1.82, 2.24) is 9.62 Å². The van der Waals surface area contributed by atoms with E-state index in [1.807, 2.05) is 37.3 Å². The molecule has 0 bridgehead atoms. The zero-order valence-corrected chi connectivity index (χ0v) is 19.0. The number of rotatable bonds is 8. The second-order valence-electron chi connectivity index (χ2n) is 8.11. The molecule has 2 aromatic carbocycles. The SMILES string of the molecule is C=CC(=O)NC1CCN(S(=O)(=O)Cc2ccc(NC(=O)Cc3ccccc3)cc2)CC1C. The summed E-state index contributed by atoms with van der Waals surface area (Å²) in [7, 11) is -3.49. The number of nitrogens with zero attached hydrogens (tertiary/aromatic N) is 1. The molecule has 1 aliphatic heterocycles. The van der Waals surface area contributed by atoms with E-state index < -0.39 is 10.0 Å². The largest absolute Gasteiger partial charge is 0.349 e. The van der Waals surface area contributed by atoms with Gasteiger partial charge >= 0.3 is 0 Å². The zero-order chi connectivity index (χ0) is 23.1. The molecule has 0 aliphatic carbocycles. The molecule has 2 aromatic rings. The minimum atomic E-state index is -3.49. The second kappa shape index (κ2) is 10.6. The van der Waals surface area contributed by atoms with Crippen molar-refractivity contribution in [2.45, 2.75) is 31.6 Å². The van der Waals surface area contributed by atoms with Crippen LogP contribution in [0.2, 0.25) is 0 Å². The summed E-state index contributed by atoms with van der Waals surface area (Å²) in [6.45, 7) is 6.11. The highest BCUT2D eigenvalue weighted by atomic mass is 32.2. The van der Waals surface area contributed by atoms with Gasteiger partial charge < -0.3 is 10.6 Å². The number of amides is 2. The number of hydrogen-bond donors (Lipinski definition) is 2. The summed E-state index contributed by atoms with van der Waals surface area (Å²) in [5, 5.41) is 5.70. The maximum atomic E-state index is 12.9. The van der Waals surface area contributed by atoms with Gasteiger partial charge in [0, 0.05) is 24.8 Å². The summed E-state index contributed by atoms with van der Waals surface area (Å²) in [4.78, 5) is 23.7. The summed E-state index contributed by atoms with van der Waals surface area (Å²) in [6, 6.07) is 16.3. The van der Waals surface area contributed by atoms with Crippen LogP contribution in [0.25, 0.3) is 0 Å². The van der Waals surface area contributed by atoms with Crippen LogP contribution >= 0.6 is 0 Å². The van der Waals surface area contributed by atoms with Crippen molar-refractivity contribution in [1.29, 1.82) is 0 Å². The van der Waals surface area contributed by atoms with Gasteiger partial charge in [0.15, 0.2) is 0 Å². The van der Waals surface area contributed by atoms with Crippen LogP contribution < -0.4 is 10.6 Å². The quantitative estimate of drug-likeness (QED) is 0.599. The van der Waals surface area contributed by atoms with Gasteiger partial charge in [-0.15, -0.1) is 0 Å². The van der Waals surface area contributed by atoms with Crippen LogP contribution in [0.3, 0.4) is 0 Å². The summed E-state index contributed by atoms with van der Waals surface area (Å²) in [6.07, 6.45) is 2.06. The van der Waals surface area contributed by atoms with Crippen LogP contribution in [0, 0.1) is 5.92 Å². The number of anilines is 1. The molecule has 1 saturated heterocycles. The van der Waals surface area contributed by atoms with Gasteiger partial charge in [-0.25, -0.2) is 12.7 Å². The van der Waals surface area contributed by atoms with Gasteiger partial charge in [-0.05, 0) is 41.7 Å². The highest BCUT2D eigenvalue weighted by molar-refractivity contribution is 7.88. The number of carbonyl (C=O) groups is 2. The molecule has 0 radical (unpaired) electrons. The first-order valence-electron chi connectivity index (χ1n) is 10.6. The van der Waals surface area contributed by atoms with Crippen molar-refractivity contribution in [3.05, 3.63) is 78.4 Å². The van der Waals surface area contributed by atoms with E-state index in [1.54, 1.807) is 24.3 Å². The number of piperidine rings is 1. The first-order chi connectivity index (χ1) is 15.3. The van der Waals surface area contributed by atoms with Crippen molar-refractivity contribution in [2.24, 2.45) is 5.92 Å². The fourth-order valence-corrected chi connectivity index (χ4v) is 5.43. The average Bonchev–Trinajstić information content (AvgIpc) is 2.76. The van der Waals surface area contributed by atoms with E-state index in [0.717, 1.165) is 5.56 Å². The highest BCUT2D eigenvalue weighted by Crippen LogP contribution is 2.22. The predicted molar refractivity (Wildman–Crippen MR) is 125 cm³/mol. The zero-order valence-electron chi connectivity index (χ0n) is 18.2. The molecular formula is C24H29N3O4S. The van der Waals surface area contributed by atoms with Crippen LogP contribution in [0.5, 0.6) is 0 Å². The van der Waals surface area contributed by atoms with E-state index >= 15 is 0 Å². The minimum absolute atomic E-state index is 0.00429. The molecule has 7 nitrogen and oxygen atoms in total. The van der Waals surface area contributed by atoms with Gasteiger partial charge in [-0.2, -0.15) is 0 Å². The molecule has 2 unspecified atom stereocenters. The summed E-state index contributed by atoms with van der Waals surface area (Å²) >= 11 is 0. The Morgan fingerprint density at radius 2 is 1.78 bits per heavy atom. The smallest absolute Gasteiger partial charge is 0.243 e. The van der Waals surface area contributed by atoms with E-state index in [4.69, 9.17) is 0 Å². The number of nitrogens with one attached hydrogen (secondary N) is 2. The third-order valence-corrected chi connectivity index (χ3v) is 7.39. The Labute approximate surface area is 189 Å². The van der Waals surface area contributed by atoms with E-state index in [1.165, 1.54) is 10.4 Å². The molecule has 8 heteroatoms. The summed E-state index contributed by atoms with van der Waals surface area (Å²) in [5.74, 6) is -0.475. The first-order valence-corrected chi connectivity index (χ1v) is 12.2. The first kappa shape index (κ1) is 23.7. The fourth-order valence-electron chi connectivity index (χ4n) is 3.79. The maximum Gasteiger partial charge on any atom is 0.243 e. The molecule has 32 heavy (non-hydrogen) atoms. The van der Waals surface area contributed by atoms with Gasteiger partial charge in [0.2, 0.25) is 21.8 Å². The molecule has 0 saturated carbocycles. The lowest BCUT2D eigenvalue weighted by Gasteiger charge is -2.36. The normalized spacial score (nSPS) is 19.2. The minimum Gasteiger partial charge on any atom is -0.349 e. The van der Waals surface area contributed by atoms with Crippen LogP contribution in [-0.4, -0.2) is 43.7 Å². The Morgan fingerprint density at radius 3 is 2.41 bits per heavy atom. The fraction of sp³-hybridized carbons (Fsp3) is 0.333. The molecule has 0 aromatic heterocycles. The number of sulfonamides is 1. The molecule has 2 atom stereocenters.